The average Bonchev–Trinajstić information content (AvgIpc) is 2.69. The molecule has 1 unspecified atom stereocenters. The third kappa shape index (κ3) is 2.59. The van der Waals surface area contributed by atoms with Crippen molar-refractivity contribution >= 4 is 10.0 Å². The van der Waals surface area contributed by atoms with Gasteiger partial charge >= 0.3 is 0 Å². The minimum absolute atomic E-state index is 0.0405. The van der Waals surface area contributed by atoms with Crippen molar-refractivity contribution in [2.45, 2.75) is 57.9 Å². The van der Waals surface area contributed by atoms with E-state index in [1.54, 1.807) is 13.8 Å². The third-order valence-electron chi connectivity index (χ3n) is 3.62. The highest BCUT2D eigenvalue weighted by molar-refractivity contribution is 7.89. The van der Waals surface area contributed by atoms with Crippen LogP contribution in [0.15, 0.2) is 4.90 Å². The molecule has 1 aromatic rings. The van der Waals surface area contributed by atoms with E-state index in [0.29, 0.717) is 16.3 Å². The molecule has 2 rings (SSSR count). The van der Waals surface area contributed by atoms with Crippen LogP contribution in [0.3, 0.4) is 0 Å². The van der Waals surface area contributed by atoms with Gasteiger partial charge in [0.25, 0.3) is 0 Å². The Bertz CT molecular complexity index is 526. The summed E-state index contributed by atoms with van der Waals surface area (Å²) in [6.07, 6.45) is 2.86. The van der Waals surface area contributed by atoms with Gasteiger partial charge in [0.2, 0.25) is 10.0 Å². The van der Waals surface area contributed by atoms with E-state index in [2.05, 4.69) is 28.8 Å². The van der Waals surface area contributed by atoms with Crippen molar-refractivity contribution in [3.63, 3.8) is 0 Å². The zero-order valence-electron chi connectivity index (χ0n) is 11.4. The summed E-state index contributed by atoms with van der Waals surface area (Å²) < 4.78 is 27.5. The van der Waals surface area contributed by atoms with Crippen LogP contribution in [0, 0.1) is 19.3 Å². The number of aryl methyl sites for hydroxylation is 2. The van der Waals surface area contributed by atoms with Crippen LogP contribution in [0.5, 0.6) is 0 Å². The summed E-state index contributed by atoms with van der Waals surface area (Å²) >= 11 is 0. The molecule has 1 heterocycles. The first-order valence-electron chi connectivity index (χ1n) is 6.25. The van der Waals surface area contributed by atoms with Crippen molar-refractivity contribution in [3.05, 3.63) is 11.4 Å². The maximum absolute atomic E-state index is 12.3. The fourth-order valence-electron chi connectivity index (χ4n) is 2.75. The first kappa shape index (κ1) is 13.5. The molecule has 1 aromatic heterocycles. The molecular formula is C12H21N3O2S. The van der Waals surface area contributed by atoms with Crippen molar-refractivity contribution in [1.82, 2.24) is 14.9 Å². The van der Waals surface area contributed by atoms with Crippen LogP contribution in [0.1, 0.15) is 44.5 Å². The Kier molecular flexibility index (Phi) is 3.27. The van der Waals surface area contributed by atoms with Crippen LogP contribution in [-0.2, 0) is 10.0 Å². The Balaban J connectivity index is 2.19. The summed E-state index contributed by atoms with van der Waals surface area (Å²) in [6, 6.07) is 0.0405. The second-order valence-corrected chi connectivity index (χ2v) is 7.64. The van der Waals surface area contributed by atoms with Gasteiger partial charge in [-0.15, -0.1) is 0 Å². The van der Waals surface area contributed by atoms with Gasteiger partial charge in [-0.1, -0.05) is 13.8 Å². The van der Waals surface area contributed by atoms with Crippen molar-refractivity contribution in [3.8, 4) is 0 Å². The number of nitrogens with one attached hydrogen (secondary N) is 2. The summed E-state index contributed by atoms with van der Waals surface area (Å²) in [7, 11) is -3.46. The highest BCUT2D eigenvalue weighted by Crippen LogP contribution is 2.37. The summed E-state index contributed by atoms with van der Waals surface area (Å²) in [5, 5.41) is 6.66. The molecule has 0 amide bonds. The zero-order chi connectivity index (χ0) is 13.6. The highest BCUT2D eigenvalue weighted by atomic mass is 32.2. The van der Waals surface area contributed by atoms with Gasteiger partial charge in [0.1, 0.15) is 4.90 Å². The predicted molar refractivity (Wildman–Crippen MR) is 69.8 cm³/mol. The molecule has 18 heavy (non-hydrogen) atoms. The molecule has 1 aliphatic carbocycles. The standard InChI is InChI=1S/C12H21N3O2S/c1-8-11(9(2)14-13-8)18(16,17)15-10-5-6-12(3,4)7-10/h10,15H,5-7H2,1-4H3,(H,13,14). The van der Waals surface area contributed by atoms with Gasteiger partial charge < -0.3 is 0 Å². The molecule has 1 fully saturated rings. The zero-order valence-corrected chi connectivity index (χ0v) is 12.2. The quantitative estimate of drug-likeness (QED) is 0.881. The van der Waals surface area contributed by atoms with Crippen LogP contribution < -0.4 is 4.72 Å². The fourth-order valence-corrected chi connectivity index (χ4v) is 4.39. The van der Waals surface area contributed by atoms with Gasteiger partial charge in [-0.05, 0) is 38.5 Å². The SMILES string of the molecule is Cc1n[nH]c(C)c1S(=O)(=O)NC1CCC(C)(C)C1. The lowest BCUT2D eigenvalue weighted by atomic mass is 9.92. The Morgan fingerprint density at radius 3 is 2.50 bits per heavy atom. The van der Waals surface area contributed by atoms with E-state index >= 15 is 0 Å². The van der Waals surface area contributed by atoms with E-state index in [1.165, 1.54) is 0 Å². The number of aromatic nitrogens is 2. The number of H-pyrrole nitrogens is 1. The van der Waals surface area contributed by atoms with Crippen molar-refractivity contribution in [2.75, 3.05) is 0 Å². The molecule has 1 atom stereocenters. The van der Waals surface area contributed by atoms with E-state index in [0.717, 1.165) is 19.3 Å². The predicted octanol–water partition coefficient (Wildman–Crippen LogP) is 1.88. The van der Waals surface area contributed by atoms with Gasteiger partial charge in [-0.2, -0.15) is 5.10 Å². The molecule has 0 radical (unpaired) electrons. The molecule has 2 N–H and O–H groups in total. The summed E-state index contributed by atoms with van der Waals surface area (Å²) in [4.78, 5) is 0.298. The van der Waals surface area contributed by atoms with Gasteiger partial charge in [0.15, 0.2) is 0 Å². The number of nitrogens with zero attached hydrogens (tertiary/aromatic N) is 1. The van der Waals surface area contributed by atoms with E-state index in [1.807, 2.05) is 0 Å². The molecule has 1 aliphatic rings. The van der Waals surface area contributed by atoms with E-state index in [4.69, 9.17) is 0 Å². The molecule has 0 saturated heterocycles. The number of rotatable bonds is 3. The molecule has 6 heteroatoms. The summed E-state index contributed by atoms with van der Waals surface area (Å²) in [5.41, 5.74) is 1.35. The number of aromatic amines is 1. The summed E-state index contributed by atoms with van der Waals surface area (Å²) in [5.74, 6) is 0. The van der Waals surface area contributed by atoms with Gasteiger partial charge in [0, 0.05) is 6.04 Å². The highest BCUT2D eigenvalue weighted by Gasteiger charge is 2.34. The molecular weight excluding hydrogens is 250 g/mol. The molecule has 5 nitrogen and oxygen atoms in total. The second-order valence-electron chi connectivity index (χ2n) is 5.99. The number of hydrogen-bond acceptors (Lipinski definition) is 3. The van der Waals surface area contributed by atoms with Crippen LogP contribution in [0.25, 0.3) is 0 Å². The van der Waals surface area contributed by atoms with Crippen LogP contribution in [0.2, 0.25) is 0 Å². The Hall–Kier alpha value is -0.880. The molecule has 102 valence electrons. The average molecular weight is 271 g/mol. The van der Waals surface area contributed by atoms with Crippen LogP contribution in [-0.4, -0.2) is 24.7 Å². The molecule has 0 aliphatic heterocycles. The van der Waals surface area contributed by atoms with Crippen molar-refractivity contribution in [2.24, 2.45) is 5.41 Å². The largest absolute Gasteiger partial charge is 0.281 e. The van der Waals surface area contributed by atoms with Gasteiger partial charge in [-0.3, -0.25) is 5.10 Å². The summed E-state index contributed by atoms with van der Waals surface area (Å²) in [6.45, 7) is 7.79. The normalized spacial score (nSPS) is 23.4. The van der Waals surface area contributed by atoms with E-state index in [9.17, 15) is 8.42 Å². The van der Waals surface area contributed by atoms with Crippen LogP contribution in [0.4, 0.5) is 0 Å². The van der Waals surface area contributed by atoms with E-state index < -0.39 is 10.0 Å². The first-order valence-corrected chi connectivity index (χ1v) is 7.73. The number of sulfonamides is 1. The lowest BCUT2D eigenvalue weighted by molar-refractivity contribution is 0.372. The topological polar surface area (TPSA) is 74.8 Å². The smallest absolute Gasteiger partial charge is 0.244 e. The monoisotopic (exact) mass is 271 g/mol. The Morgan fingerprint density at radius 2 is 2.06 bits per heavy atom. The first-order chi connectivity index (χ1) is 8.21. The van der Waals surface area contributed by atoms with Crippen molar-refractivity contribution in [1.29, 1.82) is 0 Å². The minimum atomic E-state index is -3.46. The molecule has 0 spiro atoms. The fraction of sp³-hybridized carbons (Fsp3) is 0.750. The Morgan fingerprint density at radius 1 is 1.39 bits per heavy atom. The second kappa shape index (κ2) is 4.35. The maximum Gasteiger partial charge on any atom is 0.244 e. The van der Waals surface area contributed by atoms with Crippen LogP contribution >= 0.6 is 0 Å². The van der Waals surface area contributed by atoms with E-state index in [-0.39, 0.29) is 11.5 Å². The number of hydrogen-bond donors (Lipinski definition) is 2. The minimum Gasteiger partial charge on any atom is -0.281 e. The third-order valence-corrected chi connectivity index (χ3v) is 5.40. The molecule has 0 aromatic carbocycles. The maximum atomic E-state index is 12.3. The van der Waals surface area contributed by atoms with Gasteiger partial charge in [0.05, 0.1) is 11.4 Å². The molecule has 1 saturated carbocycles. The lowest BCUT2D eigenvalue weighted by Crippen LogP contribution is -2.34. The van der Waals surface area contributed by atoms with Crippen molar-refractivity contribution < 1.29 is 8.42 Å². The lowest BCUT2D eigenvalue weighted by Gasteiger charge is -2.18. The Labute approximate surface area is 108 Å². The van der Waals surface area contributed by atoms with Gasteiger partial charge in [-0.25, -0.2) is 13.1 Å². The molecule has 0 bridgehead atoms.